The Kier molecular flexibility index (Phi) is 6.00. The summed E-state index contributed by atoms with van der Waals surface area (Å²) >= 11 is 6.42. The smallest absolute Gasteiger partial charge is 0.283 e. The molecule has 186 valence electrons. The zero-order valence-corrected chi connectivity index (χ0v) is 19.6. The summed E-state index contributed by atoms with van der Waals surface area (Å²) in [6.45, 7) is -1.20. The lowest BCUT2D eigenvalue weighted by molar-refractivity contribution is -0.0301. The second kappa shape index (κ2) is 9.15. The molecule has 0 amide bonds. The van der Waals surface area contributed by atoms with Gasteiger partial charge in [-0.05, 0) is 18.2 Å². The predicted molar refractivity (Wildman–Crippen MR) is 127 cm³/mol. The van der Waals surface area contributed by atoms with E-state index in [4.69, 9.17) is 17.0 Å². The number of fused-ring (bicyclic) bond motifs is 3. The first kappa shape index (κ1) is 23.6. The molecule has 5 heterocycles. The van der Waals surface area contributed by atoms with Gasteiger partial charge in [-0.1, -0.05) is 11.6 Å². The van der Waals surface area contributed by atoms with Crippen molar-refractivity contribution in [1.82, 2.24) is 39.4 Å². The van der Waals surface area contributed by atoms with Crippen molar-refractivity contribution in [3.05, 3.63) is 65.5 Å². The van der Waals surface area contributed by atoms with Crippen LogP contribution in [0.1, 0.15) is 5.82 Å². The van der Waals surface area contributed by atoms with Gasteiger partial charge in [0.2, 0.25) is 0 Å². The highest BCUT2D eigenvalue weighted by Crippen LogP contribution is 2.37. The summed E-state index contributed by atoms with van der Waals surface area (Å²) in [6, 6.07) is 3.41. The molecule has 3 N–H and O–H groups in total. The summed E-state index contributed by atoms with van der Waals surface area (Å²) in [7, 11) is 1.69. The van der Waals surface area contributed by atoms with E-state index in [1.54, 1.807) is 25.4 Å². The normalized spacial score (nSPS) is 14.6. The van der Waals surface area contributed by atoms with E-state index < -0.39 is 24.8 Å². The highest BCUT2D eigenvalue weighted by Gasteiger charge is 2.37. The number of rotatable bonds is 7. The van der Waals surface area contributed by atoms with Crippen LogP contribution in [-0.2, 0) is 19.6 Å². The minimum Gasteiger partial charge on any atom is -0.375 e. The van der Waals surface area contributed by atoms with Crippen LogP contribution in [0.15, 0.2) is 48.8 Å². The molecule has 0 bridgehead atoms. The predicted octanol–water partition coefficient (Wildman–Crippen LogP) is 3.62. The molecule has 1 aliphatic heterocycles. The van der Waals surface area contributed by atoms with Crippen molar-refractivity contribution < 1.29 is 13.2 Å². The van der Waals surface area contributed by atoms with Crippen LogP contribution in [0.3, 0.4) is 0 Å². The van der Waals surface area contributed by atoms with Crippen molar-refractivity contribution in [3.63, 3.8) is 0 Å². The number of pyridine rings is 1. The molecule has 36 heavy (non-hydrogen) atoms. The van der Waals surface area contributed by atoms with E-state index in [0.29, 0.717) is 33.5 Å². The standard InChI is InChI=1S/C22H20ClF3N10/c1-28-18(2-3-27)31-19-5-15(16(23)7-29-19)13-4-17-21-33-32-20(10-35-9-14(24)6-30-35)36(21)12-22(25,26)11-34(17)8-13/h2-9,27-28H,10-12H2,1H3,(H,29,31)/b18-2+,27-3?. The number of nitrogens with one attached hydrogen (secondary N) is 3. The van der Waals surface area contributed by atoms with Gasteiger partial charge in [0, 0.05) is 36.8 Å². The lowest BCUT2D eigenvalue weighted by Gasteiger charge is -2.16. The Morgan fingerprint density at radius 1 is 1.22 bits per heavy atom. The fourth-order valence-corrected chi connectivity index (χ4v) is 4.23. The monoisotopic (exact) mass is 516 g/mol. The number of alkyl halides is 2. The molecule has 0 aliphatic carbocycles. The zero-order valence-electron chi connectivity index (χ0n) is 18.9. The maximum absolute atomic E-state index is 15.0. The third-order valence-corrected chi connectivity index (χ3v) is 5.90. The van der Waals surface area contributed by atoms with Crippen molar-refractivity contribution in [3.8, 4) is 22.6 Å². The molecule has 0 saturated carbocycles. The number of allylic oxidation sites excluding steroid dienone is 1. The number of aromatic nitrogens is 7. The molecule has 1 aliphatic rings. The zero-order chi connectivity index (χ0) is 25.4. The van der Waals surface area contributed by atoms with Crippen LogP contribution in [0.2, 0.25) is 5.02 Å². The molecule has 0 aromatic carbocycles. The third-order valence-electron chi connectivity index (χ3n) is 5.60. The van der Waals surface area contributed by atoms with Crippen molar-refractivity contribution in [2.75, 3.05) is 12.4 Å². The Bertz CT molecular complexity index is 1470. The van der Waals surface area contributed by atoms with E-state index in [0.717, 1.165) is 18.6 Å². The van der Waals surface area contributed by atoms with Crippen LogP contribution < -0.4 is 10.6 Å². The molecule has 0 fully saturated rings. The average molecular weight is 517 g/mol. The Hall–Kier alpha value is -4.13. The van der Waals surface area contributed by atoms with Crippen molar-refractivity contribution in [2.24, 2.45) is 0 Å². The van der Waals surface area contributed by atoms with E-state index in [1.807, 2.05) is 0 Å². The van der Waals surface area contributed by atoms with Gasteiger partial charge in [0.15, 0.2) is 17.5 Å². The number of halogens is 4. The maximum atomic E-state index is 15.0. The molecule has 0 atom stereocenters. The molecule has 4 aromatic rings. The van der Waals surface area contributed by atoms with Crippen LogP contribution in [0.4, 0.5) is 19.0 Å². The summed E-state index contributed by atoms with van der Waals surface area (Å²) < 4.78 is 47.3. The molecular weight excluding hydrogens is 497 g/mol. The van der Waals surface area contributed by atoms with Gasteiger partial charge in [0.1, 0.15) is 18.2 Å². The van der Waals surface area contributed by atoms with Gasteiger partial charge < -0.3 is 25.2 Å². The van der Waals surface area contributed by atoms with Crippen molar-refractivity contribution in [2.45, 2.75) is 25.6 Å². The minimum atomic E-state index is -3.10. The highest BCUT2D eigenvalue weighted by molar-refractivity contribution is 6.33. The van der Waals surface area contributed by atoms with Crippen molar-refractivity contribution in [1.29, 1.82) is 5.41 Å². The van der Waals surface area contributed by atoms with Crippen LogP contribution in [-0.4, -0.2) is 53.3 Å². The van der Waals surface area contributed by atoms with Gasteiger partial charge in [-0.15, -0.1) is 10.2 Å². The Morgan fingerprint density at radius 3 is 2.78 bits per heavy atom. The first-order chi connectivity index (χ1) is 17.3. The number of anilines is 1. The number of hydrogen-bond acceptors (Lipinski definition) is 7. The molecule has 14 heteroatoms. The SMILES string of the molecule is CN/C(=C\C=N)Nc1cc(-c2cc3n(c2)CC(F)(F)Cn2c(Cn4cc(F)cn4)nnc2-3)c(Cl)cn1. The van der Waals surface area contributed by atoms with Gasteiger partial charge >= 0.3 is 0 Å². The second-order valence-electron chi connectivity index (χ2n) is 8.15. The molecule has 10 nitrogen and oxygen atoms in total. The van der Waals surface area contributed by atoms with Gasteiger partial charge in [-0.25, -0.2) is 18.2 Å². The second-order valence-corrected chi connectivity index (χ2v) is 8.56. The summed E-state index contributed by atoms with van der Waals surface area (Å²) in [4.78, 5) is 4.25. The van der Waals surface area contributed by atoms with E-state index >= 15 is 0 Å². The summed E-state index contributed by atoms with van der Waals surface area (Å²) in [5, 5.41) is 25.6. The van der Waals surface area contributed by atoms with Gasteiger partial charge in [-0.3, -0.25) is 4.68 Å². The van der Waals surface area contributed by atoms with E-state index in [9.17, 15) is 13.2 Å². The topological polar surface area (TPSA) is 114 Å². The molecule has 0 unspecified atom stereocenters. The first-order valence-corrected chi connectivity index (χ1v) is 11.1. The van der Waals surface area contributed by atoms with Gasteiger partial charge in [-0.2, -0.15) is 5.10 Å². The Labute approximate surface area is 207 Å². The van der Waals surface area contributed by atoms with Gasteiger partial charge in [0.25, 0.3) is 5.92 Å². The molecule has 0 radical (unpaired) electrons. The van der Waals surface area contributed by atoms with Crippen LogP contribution in [0.25, 0.3) is 22.6 Å². The van der Waals surface area contributed by atoms with Crippen LogP contribution in [0.5, 0.6) is 0 Å². The summed E-state index contributed by atoms with van der Waals surface area (Å²) in [6.07, 6.45) is 7.87. The first-order valence-electron chi connectivity index (χ1n) is 10.8. The van der Waals surface area contributed by atoms with Gasteiger partial charge in [0.05, 0.1) is 36.2 Å². The van der Waals surface area contributed by atoms with Crippen LogP contribution in [0, 0.1) is 11.2 Å². The lowest BCUT2D eigenvalue weighted by atomic mass is 10.1. The van der Waals surface area contributed by atoms with E-state index in [1.165, 1.54) is 26.1 Å². The summed E-state index contributed by atoms with van der Waals surface area (Å²) in [5.74, 6) is -2.16. The maximum Gasteiger partial charge on any atom is 0.283 e. The molecule has 0 spiro atoms. The number of nitrogens with zero attached hydrogens (tertiary/aromatic N) is 7. The number of hydrogen-bond donors (Lipinski definition) is 3. The van der Waals surface area contributed by atoms with E-state index in [-0.39, 0.29) is 18.2 Å². The highest BCUT2D eigenvalue weighted by atomic mass is 35.5. The molecule has 5 rings (SSSR count). The molecular formula is C22H20ClF3N10. The Morgan fingerprint density at radius 2 is 2.06 bits per heavy atom. The fraction of sp³-hybridized carbons (Fsp3) is 0.227. The average Bonchev–Trinajstić information content (AvgIpc) is 3.52. The molecule has 4 aromatic heterocycles. The van der Waals surface area contributed by atoms with Crippen LogP contribution >= 0.6 is 11.6 Å². The Balaban J connectivity index is 1.55. The quantitative estimate of drug-likeness (QED) is 0.323. The third kappa shape index (κ3) is 4.56. The van der Waals surface area contributed by atoms with Crippen molar-refractivity contribution >= 4 is 23.6 Å². The largest absolute Gasteiger partial charge is 0.375 e. The summed E-state index contributed by atoms with van der Waals surface area (Å²) in [5.41, 5.74) is 1.60. The fourth-order valence-electron chi connectivity index (χ4n) is 4.02. The lowest BCUT2D eigenvalue weighted by Crippen LogP contribution is -2.28. The molecule has 0 saturated heterocycles. The van der Waals surface area contributed by atoms with E-state index in [2.05, 4.69) is 30.9 Å². The minimum absolute atomic E-state index is 0.0111.